The first-order valence-electron chi connectivity index (χ1n) is 20.4. The van der Waals surface area contributed by atoms with Crippen molar-refractivity contribution in [2.24, 2.45) is 5.92 Å². The maximum Gasteiger partial charge on any atom is 0.405 e. The van der Waals surface area contributed by atoms with Crippen LogP contribution in [0.4, 0.5) is 4.79 Å². The molecule has 0 spiro atoms. The molecule has 4 atom stereocenters. The van der Waals surface area contributed by atoms with E-state index >= 15 is 0 Å². The molecule has 13 heteroatoms. The van der Waals surface area contributed by atoms with Gasteiger partial charge in [-0.05, 0) is 93.6 Å². The standard InChI is InChI=1S/C43H56N8O5/c1-5-49(6-2)33-21-19-32(20-22-33)41(52)50-23-7-9-36(50)39-44-25-34(46-39)30-15-11-28(12-16-30)29-13-17-31(18-14-29)35-26-45-40(47-35)37-10-8-24-51(37)42(53)38(27(3)56-4)48-43(54)55/h11-18,25-27,32-33,36-38,48H,5-10,19-24H2,1-4H3,(H,44,46)(H,45,47)(H,54,55)/t27-,32-,33+,36+,37+,38+/m1/s1. The van der Waals surface area contributed by atoms with Gasteiger partial charge in [0.25, 0.3) is 0 Å². The molecule has 1 aliphatic carbocycles. The Balaban J connectivity index is 0.972. The predicted octanol–water partition coefficient (Wildman–Crippen LogP) is 7.03. The molecule has 3 fully saturated rings. The molecule has 2 aliphatic heterocycles. The summed E-state index contributed by atoms with van der Waals surface area (Å²) >= 11 is 0. The van der Waals surface area contributed by atoms with Crippen molar-refractivity contribution in [3.63, 3.8) is 0 Å². The van der Waals surface area contributed by atoms with Crippen LogP contribution in [0.25, 0.3) is 33.6 Å². The van der Waals surface area contributed by atoms with E-state index in [0.717, 1.165) is 110 Å². The van der Waals surface area contributed by atoms with Gasteiger partial charge in [-0.3, -0.25) is 9.59 Å². The molecule has 0 radical (unpaired) electrons. The highest BCUT2D eigenvalue weighted by Crippen LogP contribution is 2.37. The summed E-state index contributed by atoms with van der Waals surface area (Å²) in [7, 11) is 1.46. The average Bonchev–Trinajstić information content (AvgIpc) is 4.07. The number of benzene rings is 2. The van der Waals surface area contributed by atoms with Gasteiger partial charge in [-0.15, -0.1) is 0 Å². The van der Waals surface area contributed by atoms with Crippen LogP contribution in [0.1, 0.15) is 95.9 Å². The molecule has 13 nitrogen and oxygen atoms in total. The van der Waals surface area contributed by atoms with Gasteiger partial charge < -0.3 is 39.8 Å². The monoisotopic (exact) mass is 764 g/mol. The lowest BCUT2D eigenvalue weighted by atomic mass is 9.84. The van der Waals surface area contributed by atoms with E-state index < -0.39 is 18.2 Å². The summed E-state index contributed by atoms with van der Waals surface area (Å²) in [6.45, 7) is 9.59. The van der Waals surface area contributed by atoms with Crippen LogP contribution < -0.4 is 5.32 Å². The molecule has 2 aromatic heterocycles. The Morgan fingerprint density at radius 2 is 1.27 bits per heavy atom. The highest BCUT2D eigenvalue weighted by molar-refractivity contribution is 5.86. The van der Waals surface area contributed by atoms with Crippen LogP contribution in [0, 0.1) is 5.92 Å². The number of carbonyl (C=O) groups excluding carboxylic acids is 2. The fourth-order valence-electron chi connectivity index (χ4n) is 9.11. The molecule has 0 unspecified atom stereocenters. The minimum atomic E-state index is -1.27. The topological polar surface area (TPSA) is 160 Å². The molecule has 3 aliphatic rings. The lowest BCUT2D eigenvalue weighted by molar-refractivity contribution is -0.138. The van der Waals surface area contributed by atoms with Gasteiger partial charge in [0.2, 0.25) is 11.8 Å². The lowest BCUT2D eigenvalue weighted by Gasteiger charge is -2.37. The van der Waals surface area contributed by atoms with Crippen molar-refractivity contribution in [3.05, 3.63) is 72.6 Å². The van der Waals surface area contributed by atoms with E-state index in [1.807, 2.05) is 6.20 Å². The molecular formula is C43H56N8O5. The number of nitrogens with zero attached hydrogens (tertiary/aromatic N) is 5. The third-order valence-corrected chi connectivity index (χ3v) is 12.4. The second-order valence-electron chi connectivity index (χ2n) is 15.5. The molecule has 2 aromatic carbocycles. The van der Waals surface area contributed by atoms with E-state index in [2.05, 4.69) is 92.4 Å². The first-order chi connectivity index (χ1) is 27.2. The van der Waals surface area contributed by atoms with Gasteiger partial charge in [-0.25, -0.2) is 14.8 Å². The van der Waals surface area contributed by atoms with E-state index in [4.69, 9.17) is 9.72 Å². The largest absolute Gasteiger partial charge is 0.465 e. The highest BCUT2D eigenvalue weighted by atomic mass is 16.5. The third kappa shape index (κ3) is 8.24. The van der Waals surface area contributed by atoms with E-state index in [9.17, 15) is 19.5 Å². The molecule has 4 aromatic rings. The Bertz CT molecular complexity index is 1950. The van der Waals surface area contributed by atoms with Gasteiger partial charge in [0.1, 0.15) is 17.7 Å². The summed E-state index contributed by atoms with van der Waals surface area (Å²) in [5, 5.41) is 11.7. The zero-order valence-electron chi connectivity index (χ0n) is 33.0. The fraction of sp³-hybridized carbons (Fsp3) is 0.512. The fourth-order valence-corrected chi connectivity index (χ4v) is 9.11. The summed E-state index contributed by atoms with van der Waals surface area (Å²) in [5.41, 5.74) is 5.96. The van der Waals surface area contributed by atoms with Crippen LogP contribution >= 0.6 is 0 Å². The van der Waals surface area contributed by atoms with Gasteiger partial charge >= 0.3 is 6.09 Å². The van der Waals surface area contributed by atoms with E-state index in [1.165, 1.54) is 7.11 Å². The Morgan fingerprint density at radius 1 is 0.786 bits per heavy atom. The predicted molar refractivity (Wildman–Crippen MR) is 215 cm³/mol. The molecule has 4 heterocycles. The maximum absolute atomic E-state index is 13.7. The van der Waals surface area contributed by atoms with E-state index in [1.54, 1.807) is 18.0 Å². The SMILES string of the molecule is CCN(CC)[C@H]1CC[C@@H](C(=O)N2CCC[C@H]2c2ncc(-c3ccc(-c4ccc(-c5cnc([C@@H]6CCCN6C(=O)[C@@H](NC(=O)O)[C@@H](C)OC)[nH]5)cc4)cc3)[nH]2)CC1. The van der Waals surface area contributed by atoms with Crippen LogP contribution in [-0.2, 0) is 14.3 Å². The summed E-state index contributed by atoms with van der Waals surface area (Å²) in [5.74, 6) is 1.64. The van der Waals surface area contributed by atoms with Gasteiger partial charge in [-0.2, -0.15) is 0 Å². The minimum absolute atomic E-state index is 0.00160. The van der Waals surface area contributed by atoms with Crippen molar-refractivity contribution >= 4 is 17.9 Å². The van der Waals surface area contributed by atoms with E-state index in [0.29, 0.717) is 24.3 Å². The van der Waals surface area contributed by atoms with Gasteiger partial charge in [0.15, 0.2) is 0 Å². The van der Waals surface area contributed by atoms with Crippen molar-refractivity contribution in [3.8, 4) is 33.6 Å². The molecule has 56 heavy (non-hydrogen) atoms. The van der Waals surface area contributed by atoms with Gasteiger partial charge in [-0.1, -0.05) is 62.4 Å². The molecular weight excluding hydrogens is 709 g/mol. The van der Waals surface area contributed by atoms with Crippen LogP contribution in [0.2, 0.25) is 0 Å². The molecule has 298 valence electrons. The summed E-state index contributed by atoms with van der Waals surface area (Å²) < 4.78 is 5.31. The molecule has 4 N–H and O–H groups in total. The number of H-pyrrole nitrogens is 2. The van der Waals surface area contributed by atoms with Crippen LogP contribution in [-0.4, -0.2) is 109 Å². The Labute approximate surface area is 329 Å². The summed E-state index contributed by atoms with van der Waals surface area (Å²) in [6.07, 6.45) is 9.38. The molecule has 1 saturated carbocycles. The minimum Gasteiger partial charge on any atom is -0.465 e. The molecule has 2 saturated heterocycles. The molecule has 0 bridgehead atoms. The number of aromatic nitrogens is 4. The first kappa shape index (κ1) is 39.2. The lowest BCUT2D eigenvalue weighted by Crippen LogP contribution is -2.53. The van der Waals surface area contributed by atoms with Crippen molar-refractivity contribution in [1.29, 1.82) is 0 Å². The second-order valence-corrected chi connectivity index (χ2v) is 15.5. The van der Waals surface area contributed by atoms with E-state index in [-0.39, 0.29) is 23.9 Å². The number of rotatable bonds is 13. The Hall–Kier alpha value is -5.01. The normalized spacial score (nSPS) is 22.4. The summed E-state index contributed by atoms with van der Waals surface area (Å²) in [4.78, 5) is 61.3. The quantitative estimate of drug-likeness (QED) is 0.113. The number of hydrogen-bond acceptors (Lipinski definition) is 7. The van der Waals surface area contributed by atoms with Crippen molar-refractivity contribution in [2.75, 3.05) is 33.3 Å². The summed E-state index contributed by atoms with van der Waals surface area (Å²) in [6, 6.07) is 16.0. The Kier molecular flexibility index (Phi) is 12.2. The van der Waals surface area contributed by atoms with Crippen molar-refractivity contribution in [1.82, 2.24) is 40.0 Å². The number of amides is 3. The molecule has 7 rings (SSSR count). The number of carbonyl (C=O) groups is 3. The number of likely N-dealkylation sites (tertiary alicyclic amines) is 2. The smallest absolute Gasteiger partial charge is 0.405 e. The number of imidazole rings is 2. The number of hydrogen-bond donors (Lipinski definition) is 4. The average molecular weight is 765 g/mol. The third-order valence-electron chi connectivity index (χ3n) is 12.4. The number of methoxy groups -OCH3 is 1. The van der Waals surface area contributed by atoms with Gasteiger partial charge in [0, 0.05) is 32.2 Å². The Morgan fingerprint density at radius 3 is 1.75 bits per heavy atom. The molecule has 3 amide bonds. The number of ether oxygens (including phenoxy) is 1. The number of nitrogens with one attached hydrogen (secondary N) is 3. The van der Waals surface area contributed by atoms with Crippen LogP contribution in [0.5, 0.6) is 0 Å². The number of aromatic amines is 2. The van der Waals surface area contributed by atoms with Crippen LogP contribution in [0.3, 0.4) is 0 Å². The van der Waals surface area contributed by atoms with Crippen LogP contribution in [0.15, 0.2) is 60.9 Å². The zero-order valence-corrected chi connectivity index (χ0v) is 33.0. The first-order valence-corrected chi connectivity index (χ1v) is 20.4. The second kappa shape index (κ2) is 17.4. The van der Waals surface area contributed by atoms with Gasteiger partial charge in [0.05, 0.1) is 42.0 Å². The highest BCUT2D eigenvalue weighted by Gasteiger charge is 2.39. The number of carboxylic acid groups (broad SMARTS) is 1. The maximum atomic E-state index is 13.7. The zero-order chi connectivity index (χ0) is 39.3. The van der Waals surface area contributed by atoms with Crippen molar-refractivity contribution < 1.29 is 24.2 Å². The van der Waals surface area contributed by atoms with Crippen molar-refractivity contribution in [2.45, 2.75) is 102 Å².